The van der Waals surface area contributed by atoms with Gasteiger partial charge in [-0.05, 0) is 62.6 Å². The largest absolute Gasteiger partial charge is 0.355 e. The molecule has 1 N–H and O–H groups in total. The third-order valence-corrected chi connectivity index (χ3v) is 8.23. The van der Waals surface area contributed by atoms with E-state index in [0.29, 0.717) is 29.2 Å². The number of likely N-dealkylation sites (N-methyl/N-ethyl adjacent to an activating group) is 1. The molecule has 0 bridgehead atoms. The third kappa shape index (κ3) is 6.94. The molecule has 2 amide bonds. The van der Waals surface area contributed by atoms with Crippen molar-refractivity contribution in [3.63, 3.8) is 0 Å². The van der Waals surface area contributed by atoms with Crippen LogP contribution < -0.4 is 9.62 Å². The van der Waals surface area contributed by atoms with Gasteiger partial charge in [0.1, 0.15) is 12.6 Å². The lowest BCUT2D eigenvalue weighted by Gasteiger charge is -2.33. The molecule has 0 aromatic heterocycles. The second kappa shape index (κ2) is 12.9. The molecule has 0 aliphatic rings. The summed E-state index contributed by atoms with van der Waals surface area (Å²) in [5, 5.41) is 3.15. The molecule has 0 aliphatic carbocycles. The van der Waals surface area contributed by atoms with Crippen LogP contribution in [0.5, 0.6) is 0 Å². The predicted octanol–water partition coefficient (Wildman–Crippen LogP) is 5.10. The van der Waals surface area contributed by atoms with Gasteiger partial charge in [-0.2, -0.15) is 0 Å². The minimum atomic E-state index is -4.14. The Labute approximate surface area is 230 Å². The van der Waals surface area contributed by atoms with Crippen molar-refractivity contribution in [1.82, 2.24) is 10.2 Å². The zero-order chi connectivity index (χ0) is 27.9. The Morgan fingerprint density at radius 3 is 2.29 bits per heavy atom. The number of hydrogen-bond donors (Lipinski definition) is 1. The summed E-state index contributed by atoms with van der Waals surface area (Å²) in [6.07, 6.45) is 0.366. The summed E-state index contributed by atoms with van der Waals surface area (Å²) < 4.78 is 28.8. The van der Waals surface area contributed by atoms with Gasteiger partial charge in [0.2, 0.25) is 11.8 Å². The Balaban J connectivity index is 2.09. The number of carbonyl (C=O) groups excluding carboxylic acids is 2. The Hall–Kier alpha value is -3.36. The van der Waals surface area contributed by atoms with Gasteiger partial charge in [0.15, 0.2) is 0 Å². The van der Waals surface area contributed by atoms with E-state index in [1.54, 1.807) is 37.3 Å². The van der Waals surface area contributed by atoms with Gasteiger partial charge in [0.25, 0.3) is 10.0 Å². The van der Waals surface area contributed by atoms with Gasteiger partial charge < -0.3 is 10.2 Å². The average molecular weight is 556 g/mol. The molecule has 7 nitrogen and oxygen atoms in total. The lowest BCUT2D eigenvalue weighted by molar-refractivity contribution is -0.140. The number of sulfonamides is 1. The fraction of sp³-hybridized carbons (Fsp3) is 0.310. The van der Waals surface area contributed by atoms with E-state index in [2.05, 4.69) is 5.32 Å². The molecule has 0 saturated heterocycles. The highest BCUT2D eigenvalue weighted by Gasteiger charge is 2.34. The van der Waals surface area contributed by atoms with Crippen LogP contribution in [-0.2, 0) is 26.2 Å². The maximum atomic E-state index is 14.0. The highest BCUT2D eigenvalue weighted by atomic mass is 35.5. The molecule has 3 aromatic rings. The van der Waals surface area contributed by atoms with E-state index in [-0.39, 0.29) is 17.3 Å². The van der Waals surface area contributed by atoms with E-state index in [4.69, 9.17) is 11.6 Å². The van der Waals surface area contributed by atoms with Gasteiger partial charge in [0, 0.05) is 18.1 Å². The number of rotatable bonds is 11. The SMILES string of the molecule is CCNC(=O)[C@H](CC)N(Cc1cccc(C)c1)C(=O)CN(c1cc(Cl)ccc1C)S(=O)(=O)c1ccccc1. The first-order valence-corrected chi connectivity index (χ1v) is 14.4. The standard InChI is InChI=1S/C29H34ClN3O4S/c1-5-26(29(35)31-6-2)32(19-23-12-10-11-21(3)17-23)28(34)20-33(27-18-24(30)16-15-22(27)4)38(36,37)25-13-8-7-9-14-25/h7-18,26H,5-6,19-20H2,1-4H3,(H,31,35)/t26-/m0/s1. The van der Waals surface area contributed by atoms with Crippen LogP contribution in [0.25, 0.3) is 0 Å². The number of aryl methyl sites for hydroxylation is 2. The fourth-order valence-corrected chi connectivity index (χ4v) is 5.96. The monoisotopic (exact) mass is 555 g/mol. The van der Waals surface area contributed by atoms with Crippen molar-refractivity contribution in [3.8, 4) is 0 Å². The van der Waals surface area contributed by atoms with Crippen LogP contribution in [0.3, 0.4) is 0 Å². The second-order valence-corrected chi connectivity index (χ2v) is 11.4. The molecule has 0 fully saturated rings. The van der Waals surface area contributed by atoms with E-state index in [9.17, 15) is 18.0 Å². The van der Waals surface area contributed by atoms with Crippen molar-refractivity contribution in [3.05, 3.63) is 94.5 Å². The number of carbonyl (C=O) groups is 2. The lowest BCUT2D eigenvalue weighted by atomic mass is 10.1. The topological polar surface area (TPSA) is 86.8 Å². The average Bonchev–Trinajstić information content (AvgIpc) is 2.89. The van der Waals surface area contributed by atoms with E-state index in [0.717, 1.165) is 15.4 Å². The van der Waals surface area contributed by atoms with Crippen molar-refractivity contribution in [2.45, 2.75) is 51.6 Å². The van der Waals surface area contributed by atoms with Crippen LogP contribution >= 0.6 is 11.6 Å². The Morgan fingerprint density at radius 2 is 1.66 bits per heavy atom. The van der Waals surface area contributed by atoms with Crippen molar-refractivity contribution in [1.29, 1.82) is 0 Å². The van der Waals surface area contributed by atoms with Crippen molar-refractivity contribution >= 4 is 39.1 Å². The quantitative estimate of drug-likeness (QED) is 0.357. The third-order valence-electron chi connectivity index (χ3n) is 6.22. The minimum absolute atomic E-state index is 0.0492. The smallest absolute Gasteiger partial charge is 0.264 e. The zero-order valence-electron chi connectivity index (χ0n) is 22.1. The molecule has 0 heterocycles. The molecule has 3 aromatic carbocycles. The van der Waals surface area contributed by atoms with Gasteiger partial charge in [0.05, 0.1) is 10.6 Å². The van der Waals surface area contributed by atoms with Gasteiger partial charge in [-0.15, -0.1) is 0 Å². The van der Waals surface area contributed by atoms with E-state index in [1.165, 1.54) is 23.1 Å². The maximum absolute atomic E-state index is 14.0. The number of benzene rings is 3. The van der Waals surface area contributed by atoms with Crippen LogP contribution in [0.2, 0.25) is 5.02 Å². The van der Waals surface area contributed by atoms with Crippen molar-refractivity contribution < 1.29 is 18.0 Å². The molecule has 0 unspecified atom stereocenters. The number of nitrogens with one attached hydrogen (secondary N) is 1. The van der Waals surface area contributed by atoms with Crippen LogP contribution in [-0.4, -0.2) is 44.3 Å². The Morgan fingerprint density at radius 1 is 0.947 bits per heavy atom. The summed E-state index contributed by atoms with van der Waals surface area (Å²) >= 11 is 6.26. The van der Waals surface area contributed by atoms with Gasteiger partial charge in [-0.1, -0.05) is 72.6 Å². The molecule has 0 spiro atoms. The predicted molar refractivity (Wildman–Crippen MR) is 152 cm³/mol. The summed E-state index contributed by atoms with van der Waals surface area (Å²) in [5.74, 6) is -0.782. The summed E-state index contributed by atoms with van der Waals surface area (Å²) in [6, 6.07) is 19.8. The Kier molecular flexibility index (Phi) is 9.94. The second-order valence-electron chi connectivity index (χ2n) is 9.08. The van der Waals surface area contributed by atoms with Crippen molar-refractivity contribution in [2.75, 3.05) is 17.4 Å². The normalized spacial score (nSPS) is 12.0. The van der Waals surface area contributed by atoms with Crippen LogP contribution in [0.15, 0.2) is 77.7 Å². The molecular formula is C29H34ClN3O4S. The minimum Gasteiger partial charge on any atom is -0.355 e. The van der Waals surface area contributed by atoms with Crippen LogP contribution in [0, 0.1) is 13.8 Å². The molecule has 3 rings (SSSR count). The molecule has 9 heteroatoms. The lowest BCUT2D eigenvalue weighted by Crippen LogP contribution is -2.52. The van der Waals surface area contributed by atoms with Crippen LogP contribution in [0.1, 0.15) is 37.0 Å². The molecule has 1 atom stereocenters. The highest BCUT2D eigenvalue weighted by Crippen LogP contribution is 2.30. The highest BCUT2D eigenvalue weighted by molar-refractivity contribution is 7.92. The zero-order valence-corrected chi connectivity index (χ0v) is 23.7. The maximum Gasteiger partial charge on any atom is 0.264 e. The van der Waals surface area contributed by atoms with Crippen LogP contribution in [0.4, 0.5) is 5.69 Å². The number of amides is 2. The summed E-state index contributed by atoms with van der Waals surface area (Å²) in [6.45, 7) is 7.43. The number of anilines is 1. The first kappa shape index (κ1) is 29.2. The summed E-state index contributed by atoms with van der Waals surface area (Å²) in [4.78, 5) is 28.5. The Bertz CT molecular complexity index is 1380. The van der Waals surface area contributed by atoms with Crippen molar-refractivity contribution in [2.24, 2.45) is 0 Å². The fourth-order valence-electron chi connectivity index (χ4n) is 4.30. The van der Waals surface area contributed by atoms with Gasteiger partial charge >= 0.3 is 0 Å². The molecule has 38 heavy (non-hydrogen) atoms. The molecule has 202 valence electrons. The number of hydrogen-bond acceptors (Lipinski definition) is 4. The molecule has 0 radical (unpaired) electrons. The first-order valence-electron chi connectivity index (χ1n) is 12.5. The van der Waals surface area contributed by atoms with E-state index in [1.807, 2.05) is 45.0 Å². The van der Waals surface area contributed by atoms with Gasteiger partial charge in [-0.3, -0.25) is 13.9 Å². The van der Waals surface area contributed by atoms with Gasteiger partial charge in [-0.25, -0.2) is 8.42 Å². The first-order chi connectivity index (χ1) is 18.1. The van der Waals surface area contributed by atoms with E-state index < -0.39 is 28.5 Å². The summed E-state index contributed by atoms with van der Waals surface area (Å²) in [7, 11) is -4.14. The summed E-state index contributed by atoms with van der Waals surface area (Å²) in [5.41, 5.74) is 2.81. The number of halogens is 1. The molecular weight excluding hydrogens is 522 g/mol. The number of nitrogens with zero attached hydrogens (tertiary/aromatic N) is 2. The molecule has 0 aliphatic heterocycles. The molecule has 0 saturated carbocycles. The van der Waals surface area contributed by atoms with E-state index >= 15 is 0 Å².